The van der Waals surface area contributed by atoms with E-state index in [1.165, 1.54) is 19.3 Å². The zero-order valence-electron chi connectivity index (χ0n) is 23.4. The zero-order valence-corrected chi connectivity index (χ0v) is 23.4. The van der Waals surface area contributed by atoms with Crippen LogP contribution in [-0.4, -0.2) is 65.2 Å². The number of carbonyl (C=O) groups is 2. The number of amides is 2. The molecule has 0 spiro atoms. The zero-order chi connectivity index (χ0) is 26.5. The highest BCUT2D eigenvalue weighted by Gasteiger charge is 2.38. The third-order valence-electron chi connectivity index (χ3n) is 7.07. The molecule has 2 aliphatic rings. The van der Waals surface area contributed by atoms with Gasteiger partial charge in [-0.05, 0) is 104 Å². The van der Waals surface area contributed by atoms with Gasteiger partial charge < -0.3 is 14.8 Å². The molecule has 7 nitrogen and oxygen atoms in total. The van der Waals surface area contributed by atoms with E-state index in [2.05, 4.69) is 44.0 Å². The largest absolute Gasteiger partial charge is 0.490 e. The number of ether oxygens (including phenoxy) is 2. The van der Waals surface area contributed by atoms with E-state index in [1.54, 1.807) is 4.90 Å². The summed E-state index contributed by atoms with van der Waals surface area (Å²) in [4.78, 5) is 30.6. The molecule has 1 fully saturated rings. The van der Waals surface area contributed by atoms with Crippen molar-refractivity contribution in [1.29, 1.82) is 0 Å². The van der Waals surface area contributed by atoms with Crippen LogP contribution in [0, 0.1) is 0 Å². The SMILES string of the molecule is CC(C)N(CCNC(=O)C1c2ccc(OC3CCCCC3)cc2CCN1C(=O)OC(C)(C)C)C(C)C. The number of benzene rings is 1. The molecule has 202 valence electrons. The van der Waals surface area contributed by atoms with Gasteiger partial charge in [-0.3, -0.25) is 14.6 Å². The molecule has 2 amide bonds. The van der Waals surface area contributed by atoms with Gasteiger partial charge >= 0.3 is 6.09 Å². The van der Waals surface area contributed by atoms with E-state index in [1.807, 2.05) is 32.9 Å². The minimum atomic E-state index is -0.723. The lowest BCUT2D eigenvalue weighted by molar-refractivity contribution is -0.127. The van der Waals surface area contributed by atoms with E-state index in [4.69, 9.17) is 9.47 Å². The number of hydrogen-bond donors (Lipinski definition) is 1. The van der Waals surface area contributed by atoms with Crippen LogP contribution in [0.4, 0.5) is 4.79 Å². The number of rotatable bonds is 8. The highest BCUT2D eigenvalue weighted by atomic mass is 16.6. The van der Waals surface area contributed by atoms with Crippen LogP contribution in [0.1, 0.15) is 97.7 Å². The average Bonchev–Trinajstić information content (AvgIpc) is 2.79. The Kier molecular flexibility index (Phi) is 9.67. The Morgan fingerprint density at radius 3 is 2.36 bits per heavy atom. The van der Waals surface area contributed by atoms with Gasteiger partial charge in [0.25, 0.3) is 0 Å². The summed E-state index contributed by atoms with van der Waals surface area (Å²) in [6, 6.07) is 6.03. The fourth-order valence-electron chi connectivity index (χ4n) is 5.37. The Morgan fingerprint density at radius 1 is 1.08 bits per heavy atom. The molecule has 7 heteroatoms. The molecule has 1 saturated carbocycles. The summed E-state index contributed by atoms with van der Waals surface area (Å²) in [5, 5.41) is 3.10. The van der Waals surface area contributed by atoms with Crippen molar-refractivity contribution in [2.75, 3.05) is 19.6 Å². The van der Waals surface area contributed by atoms with Crippen LogP contribution in [0.5, 0.6) is 5.75 Å². The van der Waals surface area contributed by atoms with E-state index >= 15 is 0 Å². The van der Waals surface area contributed by atoms with Crippen LogP contribution in [0.2, 0.25) is 0 Å². The normalized spacial score (nSPS) is 18.9. The Balaban J connectivity index is 1.79. The van der Waals surface area contributed by atoms with Gasteiger partial charge in [0.2, 0.25) is 5.91 Å². The molecular formula is C29H47N3O4. The van der Waals surface area contributed by atoms with E-state index in [9.17, 15) is 9.59 Å². The van der Waals surface area contributed by atoms with E-state index in [0.717, 1.165) is 36.3 Å². The molecule has 1 aliphatic carbocycles. The van der Waals surface area contributed by atoms with Crippen LogP contribution in [0.15, 0.2) is 18.2 Å². The monoisotopic (exact) mass is 501 g/mol. The molecule has 1 unspecified atom stereocenters. The van der Waals surface area contributed by atoms with E-state index in [-0.39, 0.29) is 12.0 Å². The van der Waals surface area contributed by atoms with Gasteiger partial charge in [0.05, 0.1) is 6.10 Å². The smallest absolute Gasteiger partial charge is 0.411 e. The maximum atomic E-state index is 13.6. The van der Waals surface area contributed by atoms with Crippen LogP contribution in [0.3, 0.4) is 0 Å². The van der Waals surface area contributed by atoms with Crippen molar-refractivity contribution in [2.24, 2.45) is 0 Å². The van der Waals surface area contributed by atoms with E-state index < -0.39 is 17.7 Å². The predicted molar refractivity (Wildman–Crippen MR) is 143 cm³/mol. The van der Waals surface area contributed by atoms with Crippen molar-refractivity contribution in [3.8, 4) is 5.75 Å². The minimum Gasteiger partial charge on any atom is -0.490 e. The molecule has 0 radical (unpaired) electrons. The first-order valence-corrected chi connectivity index (χ1v) is 13.8. The number of nitrogens with zero attached hydrogens (tertiary/aromatic N) is 2. The molecule has 3 rings (SSSR count). The van der Waals surface area contributed by atoms with Gasteiger partial charge in [-0.2, -0.15) is 0 Å². The molecule has 0 aromatic heterocycles. The van der Waals surface area contributed by atoms with Crippen molar-refractivity contribution in [2.45, 2.75) is 117 Å². The molecule has 36 heavy (non-hydrogen) atoms. The molecule has 1 aliphatic heterocycles. The van der Waals surface area contributed by atoms with Crippen molar-refractivity contribution in [3.63, 3.8) is 0 Å². The van der Waals surface area contributed by atoms with Crippen molar-refractivity contribution in [1.82, 2.24) is 15.1 Å². The molecule has 0 bridgehead atoms. The lowest BCUT2D eigenvalue weighted by Crippen LogP contribution is -2.50. The van der Waals surface area contributed by atoms with Crippen LogP contribution < -0.4 is 10.1 Å². The molecule has 1 aromatic rings. The number of carbonyl (C=O) groups excluding carboxylic acids is 2. The fraction of sp³-hybridized carbons (Fsp3) is 0.724. The molecule has 1 atom stereocenters. The fourth-order valence-corrected chi connectivity index (χ4v) is 5.37. The quantitative estimate of drug-likeness (QED) is 0.512. The highest BCUT2D eigenvalue weighted by molar-refractivity contribution is 5.88. The summed E-state index contributed by atoms with van der Waals surface area (Å²) in [5.74, 6) is 0.685. The molecule has 1 N–H and O–H groups in total. The first-order chi connectivity index (χ1) is 17.0. The number of nitrogens with one attached hydrogen (secondary N) is 1. The standard InChI is InChI=1S/C29H47N3O4/c1-20(2)31(21(3)4)18-16-30-27(33)26-25-14-13-24(35-23-11-9-8-10-12-23)19-22(25)15-17-32(26)28(34)36-29(5,6)7/h13-14,19-21,23,26H,8-12,15-18H2,1-7H3,(H,30,33). The summed E-state index contributed by atoms with van der Waals surface area (Å²) in [6.07, 6.45) is 6.38. The summed E-state index contributed by atoms with van der Waals surface area (Å²) < 4.78 is 12.0. The maximum absolute atomic E-state index is 13.6. The molecule has 1 aromatic carbocycles. The Bertz CT molecular complexity index is 879. The second-order valence-corrected chi connectivity index (χ2v) is 11.8. The highest BCUT2D eigenvalue weighted by Crippen LogP contribution is 2.34. The lowest BCUT2D eigenvalue weighted by Gasteiger charge is -2.37. The lowest BCUT2D eigenvalue weighted by atomic mass is 9.91. The van der Waals surface area contributed by atoms with Gasteiger partial charge in [0, 0.05) is 31.7 Å². The van der Waals surface area contributed by atoms with Crippen molar-refractivity contribution < 1.29 is 19.1 Å². The predicted octanol–water partition coefficient (Wildman–Crippen LogP) is 5.47. The van der Waals surface area contributed by atoms with E-state index in [0.29, 0.717) is 31.6 Å². The third-order valence-corrected chi connectivity index (χ3v) is 7.07. The van der Waals surface area contributed by atoms with Gasteiger partial charge in [-0.1, -0.05) is 12.5 Å². The molecule has 1 heterocycles. The number of fused-ring (bicyclic) bond motifs is 1. The first-order valence-electron chi connectivity index (χ1n) is 13.8. The van der Waals surface area contributed by atoms with Gasteiger partial charge in [0.1, 0.15) is 17.4 Å². The average molecular weight is 502 g/mol. The topological polar surface area (TPSA) is 71.1 Å². The Labute approximate surface area is 217 Å². The maximum Gasteiger partial charge on any atom is 0.411 e. The number of hydrogen-bond acceptors (Lipinski definition) is 5. The summed E-state index contributed by atoms with van der Waals surface area (Å²) in [5.41, 5.74) is 1.28. The van der Waals surface area contributed by atoms with Crippen LogP contribution in [0.25, 0.3) is 0 Å². The molecular weight excluding hydrogens is 454 g/mol. The van der Waals surface area contributed by atoms with Gasteiger partial charge in [-0.25, -0.2) is 4.79 Å². The summed E-state index contributed by atoms with van der Waals surface area (Å²) in [7, 11) is 0. The Morgan fingerprint density at radius 2 is 1.75 bits per heavy atom. The van der Waals surface area contributed by atoms with Crippen LogP contribution in [-0.2, 0) is 16.0 Å². The van der Waals surface area contributed by atoms with Gasteiger partial charge in [-0.15, -0.1) is 0 Å². The molecule has 0 saturated heterocycles. The van der Waals surface area contributed by atoms with Crippen molar-refractivity contribution >= 4 is 12.0 Å². The second kappa shape index (κ2) is 12.3. The van der Waals surface area contributed by atoms with Crippen LogP contribution >= 0.6 is 0 Å². The van der Waals surface area contributed by atoms with Crippen molar-refractivity contribution in [3.05, 3.63) is 29.3 Å². The first kappa shape index (κ1) is 28.3. The summed E-state index contributed by atoms with van der Waals surface area (Å²) >= 11 is 0. The Hall–Kier alpha value is -2.28. The van der Waals surface area contributed by atoms with Gasteiger partial charge in [0.15, 0.2) is 0 Å². The minimum absolute atomic E-state index is 0.171. The third kappa shape index (κ3) is 7.61. The second-order valence-electron chi connectivity index (χ2n) is 11.8. The summed E-state index contributed by atoms with van der Waals surface area (Å²) in [6.45, 7) is 15.9.